The van der Waals surface area contributed by atoms with Gasteiger partial charge in [0.15, 0.2) is 5.78 Å². The molecule has 0 fully saturated rings. The molecule has 162 valence electrons. The first-order valence-electron chi connectivity index (χ1n) is 10.6. The van der Waals surface area contributed by atoms with Crippen molar-refractivity contribution in [2.75, 3.05) is 6.61 Å². The van der Waals surface area contributed by atoms with Crippen LogP contribution in [0.2, 0.25) is 0 Å². The van der Waals surface area contributed by atoms with Gasteiger partial charge < -0.3 is 10.1 Å². The van der Waals surface area contributed by atoms with Crippen LogP contribution in [0.25, 0.3) is 0 Å². The summed E-state index contributed by atoms with van der Waals surface area (Å²) >= 11 is 0. The van der Waals surface area contributed by atoms with Gasteiger partial charge in [-0.05, 0) is 50.6 Å². The average molecular weight is 420 g/mol. The summed E-state index contributed by atoms with van der Waals surface area (Å²) in [6.07, 6.45) is 0.327. The van der Waals surface area contributed by atoms with E-state index in [0.717, 1.165) is 22.7 Å². The lowest BCUT2D eigenvalue weighted by Gasteiger charge is -2.08. The lowest BCUT2D eigenvalue weighted by Crippen LogP contribution is -2.24. The van der Waals surface area contributed by atoms with Crippen LogP contribution in [-0.2, 0) is 17.9 Å². The maximum absolute atomic E-state index is 12.3. The van der Waals surface area contributed by atoms with E-state index in [1.165, 1.54) is 5.56 Å². The molecule has 1 amide bonds. The van der Waals surface area contributed by atoms with E-state index < -0.39 is 0 Å². The monoisotopic (exact) mass is 419 g/mol. The molecule has 0 aliphatic rings. The van der Waals surface area contributed by atoms with Crippen LogP contribution >= 0.6 is 0 Å². The van der Waals surface area contributed by atoms with Crippen molar-refractivity contribution in [3.8, 4) is 5.75 Å². The van der Waals surface area contributed by atoms with Gasteiger partial charge in [-0.3, -0.25) is 14.3 Å². The third kappa shape index (κ3) is 6.04. The molecule has 6 heteroatoms. The molecular formula is C25H29N3O3. The quantitative estimate of drug-likeness (QED) is 0.499. The Hall–Kier alpha value is -3.41. The molecule has 3 aromatic rings. The number of amides is 1. The van der Waals surface area contributed by atoms with Gasteiger partial charge in [-0.1, -0.05) is 30.3 Å². The first-order chi connectivity index (χ1) is 15.0. The smallest absolute Gasteiger partial charge is 0.220 e. The van der Waals surface area contributed by atoms with Gasteiger partial charge in [0.25, 0.3) is 0 Å². The van der Waals surface area contributed by atoms with Crippen LogP contribution < -0.4 is 10.1 Å². The summed E-state index contributed by atoms with van der Waals surface area (Å²) in [4.78, 5) is 24.6. The zero-order valence-electron chi connectivity index (χ0n) is 18.4. The second kappa shape index (κ2) is 10.6. The van der Waals surface area contributed by atoms with E-state index in [1.807, 2.05) is 43.7 Å². The number of rotatable bonds is 10. The Balaban J connectivity index is 1.51. The van der Waals surface area contributed by atoms with Crippen LogP contribution in [0.3, 0.4) is 0 Å². The van der Waals surface area contributed by atoms with Crippen LogP contribution in [-0.4, -0.2) is 28.1 Å². The van der Waals surface area contributed by atoms with Crippen LogP contribution in [0, 0.1) is 13.8 Å². The van der Waals surface area contributed by atoms with E-state index in [2.05, 4.69) is 22.5 Å². The minimum absolute atomic E-state index is 0.0544. The molecule has 6 nitrogen and oxygen atoms in total. The van der Waals surface area contributed by atoms with Gasteiger partial charge in [0.1, 0.15) is 5.75 Å². The van der Waals surface area contributed by atoms with Crippen molar-refractivity contribution >= 4 is 11.7 Å². The number of aromatic nitrogens is 2. The van der Waals surface area contributed by atoms with Crippen LogP contribution in [0.15, 0.2) is 54.6 Å². The Morgan fingerprint density at radius 1 is 1.00 bits per heavy atom. The van der Waals surface area contributed by atoms with Gasteiger partial charge in [-0.15, -0.1) is 0 Å². The molecule has 1 heterocycles. The molecule has 0 bridgehead atoms. The highest BCUT2D eigenvalue weighted by molar-refractivity contribution is 5.98. The number of ether oxygens (including phenoxy) is 1. The zero-order chi connectivity index (χ0) is 22.2. The molecule has 0 saturated heterocycles. The molecule has 31 heavy (non-hydrogen) atoms. The first-order valence-corrected chi connectivity index (χ1v) is 10.6. The summed E-state index contributed by atoms with van der Waals surface area (Å²) in [5.74, 6) is 0.533. The van der Waals surface area contributed by atoms with E-state index in [9.17, 15) is 9.59 Å². The minimum Gasteiger partial charge on any atom is -0.494 e. The van der Waals surface area contributed by atoms with Gasteiger partial charge in [0.05, 0.1) is 18.8 Å². The van der Waals surface area contributed by atoms with Crippen molar-refractivity contribution in [1.29, 1.82) is 0 Å². The molecule has 0 radical (unpaired) electrons. The Labute approximate surface area is 183 Å². The molecule has 1 N–H and O–H groups in total. The number of carbonyl (C=O) groups is 2. The largest absolute Gasteiger partial charge is 0.494 e. The number of aryl methyl sites for hydroxylation is 1. The predicted molar refractivity (Wildman–Crippen MR) is 120 cm³/mol. The first kappa shape index (κ1) is 22.3. The highest BCUT2D eigenvalue weighted by Gasteiger charge is 2.14. The Kier molecular flexibility index (Phi) is 7.60. The van der Waals surface area contributed by atoms with Crippen molar-refractivity contribution in [3.05, 3.63) is 82.7 Å². The third-order valence-electron chi connectivity index (χ3n) is 5.24. The molecule has 0 saturated carbocycles. The van der Waals surface area contributed by atoms with Crippen molar-refractivity contribution in [3.63, 3.8) is 0 Å². The van der Waals surface area contributed by atoms with Crippen molar-refractivity contribution in [1.82, 2.24) is 15.1 Å². The number of hydrogen-bond acceptors (Lipinski definition) is 4. The number of benzene rings is 2. The molecule has 0 atom stereocenters. The lowest BCUT2D eigenvalue weighted by molar-refractivity contribution is -0.121. The van der Waals surface area contributed by atoms with Gasteiger partial charge in [0.2, 0.25) is 5.91 Å². The number of hydrogen-bond donors (Lipinski definition) is 1. The fraction of sp³-hybridized carbons (Fsp3) is 0.320. The standard InChI is InChI=1S/C25H29N3O3/c1-4-31-22-12-10-21(11-13-22)24(29)14-15-25(30)26-16-23-18(2)27-28(19(23)3)17-20-8-6-5-7-9-20/h5-13H,4,14-17H2,1-3H3,(H,26,30). The summed E-state index contributed by atoms with van der Waals surface area (Å²) in [7, 11) is 0. The molecule has 1 aromatic heterocycles. The van der Waals surface area contributed by atoms with Gasteiger partial charge >= 0.3 is 0 Å². The second-order valence-corrected chi connectivity index (χ2v) is 7.45. The molecule has 0 aliphatic carbocycles. The lowest BCUT2D eigenvalue weighted by atomic mass is 10.1. The number of Topliss-reactive ketones (excluding diaryl/α,β-unsaturated/α-hetero) is 1. The van der Waals surface area contributed by atoms with Gasteiger partial charge in [0, 0.05) is 36.2 Å². The maximum atomic E-state index is 12.3. The normalized spacial score (nSPS) is 10.7. The zero-order valence-corrected chi connectivity index (χ0v) is 18.4. The maximum Gasteiger partial charge on any atom is 0.220 e. The van der Waals surface area contributed by atoms with E-state index in [4.69, 9.17) is 4.74 Å². The summed E-state index contributed by atoms with van der Waals surface area (Å²) in [6, 6.07) is 17.2. The number of carbonyl (C=O) groups excluding carboxylic acids is 2. The highest BCUT2D eigenvalue weighted by atomic mass is 16.5. The Morgan fingerprint density at radius 3 is 2.39 bits per heavy atom. The predicted octanol–water partition coefficient (Wildman–Crippen LogP) is 4.23. The SMILES string of the molecule is CCOc1ccc(C(=O)CCC(=O)NCc2c(C)nn(Cc3ccccc3)c2C)cc1. The highest BCUT2D eigenvalue weighted by Crippen LogP contribution is 2.16. The molecule has 0 aliphatic heterocycles. The number of ketones is 1. The Morgan fingerprint density at radius 2 is 1.71 bits per heavy atom. The summed E-state index contributed by atoms with van der Waals surface area (Å²) < 4.78 is 7.34. The van der Waals surface area contributed by atoms with E-state index >= 15 is 0 Å². The second-order valence-electron chi connectivity index (χ2n) is 7.45. The third-order valence-corrected chi connectivity index (χ3v) is 5.24. The fourth-order valence-electron chi connectivity index (χ4n) is 3.45. The van der Waals surface area contributed by atoms with Crippen LogP contribution in [0.4, 0.5) is 0 Å². The van der Waals surface area contributed by atoms with E-state index in [1.54, 1.807) is 24.3 Å². The summed E-state index contributed by atoms with van der Waals surface area (Å²) in [6.45, 7) is 7.55. The molecule has 0 unspecified atom stereocenters. The fourth-order valence-corrected chi connectivity index (χ4v) is 3.45. The van der Waals surface area contributed by atoms with Crippen LogP contribution in [0.1, 0.15) is 52.6 Å². The van der Waals surface area contributed by atoms with E-state index in [0.29, 0.717) is 25.3 Å². The number of nitrogens with zero attached hydrogens (tertiary/aromatic N) is 2. The number of nitrogens with one attached hydrogen (secondary N) is 1. The van der Waals surface area contributed by atoms with Crippen molar-refractivity contribution < 1.29 is 14.3 Å². The minimum atomic E-state index is -0.145. The summed E-state index contributed by atoms with van der Waals surface area (Å²) in [5, 5.41) is 7.54. The molecular weight excluding hydrogens is 390 g/mol. The Bertz CT molecular complexity index is 1020. The molecule has 2 aromatic carbocycles. The van der Waals surface area contributed by atoms with Gasteiger partial charge in [-0.25, -0.2) is 0 Å². The topological polar surface area (TPSA) is 73.2 Å². The summed E-state index contributed by atoms with van der Waals surface area (Å²) in [5.41, 5.74) is 4.72. The average Bonchev–Trinajstić information content (AvgIpc) is 3.04. The van der Waals surface area contributed by atoms with E-state index in [-0.39, 0.29) is 24.5 Å². The van der Waals surface area contributed by atoms with Crippen molar-refractivity contribution in [2.24, 2.45) is 0 Å². The molecule has 0 spiro atoms. The van der Waals surface area contributed by atoms with Crippen LogP contribution in [0.5, 0.6) is 5.75 Å². The van der Waals surface area contributed by atoms with Gasteiger partial charge in [-0.2, -0.15) is 5.10 Å². The molecule has 3 rings (SSSR count). The van der Waals surface area contributed by atoms with Crippen molar-refractivity contribution in [2.45, 2.75) is 46.7 Å².